The summed E-state index contributed by atoms with van der Waals surface area (Å²) in [5.41, 5.74) is 6.00. The van der Waals surface area contributed by atoms with Crippen molar-refractivity contribution in [2.75, 3.05) is 7.11 Å². The molecule has 3 rings (SSSR count). The molecule has 3 aromatic rings. The van der Waals surface area contributed by atoms with Crippen LogP contribution in [0.2, 0.25) is 0 Å². The van der Waals surface area contributed by atoms with E-state index < -0.39 is 11.8 Å². The molecule has 0 unspecified atom stereocenters. The van der Waals surface area contributed by atoms with Gasteiger partial charge in [-0.15, -0.1) is 0 Å². The predicted octanol–water partition coefficient (Wildman–Crippen LogP) is 3.25. The van der Waals surface area contributed by atoms with Crippen LogP contribution in [0.4, 0.5) is 0 Å². The van der Waals surface area contributed by atoms with Crippen LogP contribution in [0.1, 0.15) is 32.2 Å². The molecule has 0 aliphatic carbocycles. The minimum atomic E-state index is -0.564. The molecule has 0 radical (unpaired) electrons. The van der Waals surface area contributed by atoms with Gasteiger partial charge in [0.15, 0.2) is 17.3 Å². The summed E-state index contributed by atoms with van der Waals surface area (Å²) in [5, 5.41) is 0. The first kappa shape index (κ1) is 19.0. The second-order valence-corrected chi connectivity index (χ2v) is 5.93. The van der Waals surface area contributed by atoms with Crippen molar-refractivity contribution >= 4 is 11.8 Å². The zero-order valence-electron chi connectivity index (χ0n) is 15.5. The quantitative estimate of drug-likeness (QED) is 0.641. The average Bonchev–Trinajstić information content (AvgIpc) is 3.20. The van der Waals surface area contributed by atoms with E-state index >= 15 is 0 Å². The van der Waals surface area contributed by atoms with Gasteiger partial charge in [0.1, 0.15) is 12.4 Å². The number of amides is 2. The minimum Gasteiger partial charge on any atom is -0.493 e. The molecular formula is C21H20N2O5. The number of hydrogen-bond acceptors (Lipinski definition) is 5. The smallest absolute Gasteiger partial charge is 0.305 e. The molecule has 0 saturated carbocycles. The van der Waals surface area contributed by atoms with Gasteiger partial charge in [0.05, 0.1) is 7.11 Å². The second-order valence-electron chi connectivity index (χ2n) is 5.93. The molecule has 0 aliphatic rings. The topological polar surface area (TPSA) is 89.8 Å². The van der Waals surface area contributed by atoms with Gasteiger partial charge < -0.3 is 13.9 Å². The van der Waals surface area contributed by atoms with E-state index in [1.807, 2.05) is 31.2 Å². The molecule has 0 saturated heterocycles. The van der Waals surface area contributed by atoms with Gasteiger partial charge in [-0.3, -0.25) is 20.4 Å². The van der Waals surface area contributed by atoms with Gasteiger partial charge >= 0.3 is 5.91 Å². The molecule has 0 atom stereocenters. The fourth-order valence-electron chi connectivity index (χ4n) is 2.53. The zero-order valence-corrected chi connectivity index (χ0v) is 15.5. The van der Waals surface area contributed by atoms with Crippen LogP contribution in [0.5, 0.6) is 11.5 Å². The van der Waals surface area contributed by atoms with Crippen molar-refractivity contribution in [2.24, 2.45) is 0 Å². The van der Waals surface area contributed by atoms with Crippen LogP contribution in [-0.4, -0.2) is 18.9 Å². The molecule has 144 valence electrons. The molecule has 0 aliphatic heterocycles. The summed E-state index contributed by atoms with van der Waals surface area (Å²) in [7, 11) is 1.56. The molecule has 28 heavy (non-hydrogen) atoms. The fourth-order valence-corrected chi connectivity index (χ4v) is 2.53. The molecule has 1 aromatic heterocycles. The van der Waals surface area contributed by atoms with E-state index in [1.54, 1.807) is 37.4 Å². The standard InChI is InChI=1S/C21H20N2O5/c1-14-7-3-4-8-16(14)20(24)22-23-21(25)19-12-11-15(28-19)13-27-18-10-6-5-9-17(18)26-2/h3-12H,13H2,1-2H3,(H,22,24)(H,23,25). The highest BCUT2D eigenvalue weighted by atomic mass is 16.5. The molecule has 7 nitrogen and oxygen atoms in total. The van der Waals surface area contributed by atoms with Crippen LogP contribution in [0.3, 0.4) is 0 Å². The van der Waals surface area contributed by atoms with Crippen molar-refractivity contribution in [1.29, 1.82) is 0 Å². The summed E-state index contributed by atoms with van der Waals surface area (Å²) in [5.74, 6) is 0.719. The van der Waals surface area contributed by atoms with Gasteiger partial charge in [0.25, 0.3) is 5.91 Å². The summed E-state index contributed by atoms with van der Waals surface area (Å²) in [4.78, 5) is 24.3. The van der Waals surface area contributed by atoms with Crippen molar-refractivity contribution in [3.05, 3.63) is 83.3 Å². The number of rotatable bonds is 6. The number of methoxy groups -OCH3 is 1. The number of carbonyl (C=O) groups excluding carboxylic acids is 2. The fraction of sp³-hybridized carbons (Fsp3) is 0.143. The lowest BCUT2D eigenvalue weighted by Crippen LogP contribution is -2.41. The third-order valence-electron chi connectivity index (χ3n) is 4.00. The van der Waals surface area contributed by atoms with E-state index in [4.69, 9.17) is 13.9 Å². The Hall–Kier alpha value is -3.74. The lowest BCUT2D eigenvalue weighted by atomic mass is 10.1. The van der Waals surface area contributed by atoms with Crippen molar-refractivity contribution in [3.8, 4) is 11.5 Å². The SMILES string of the molecule is COc1ccccc1OCc1ccc(C(=O)NNC(=O)c2ccccc2C)o1. The molecule has 2 N–H and O–H groups in total. The van der Waals surface area contributed by atoms with Crippen LogP contribution in [-0.2, 0) is 6.61 Å². The van der Waals surface area contributed by atoms with E-state index in [0.29, 0.717) is 22.8 Å². The third kappa shape index (κ3) is 4.50. The van der Waals surface area contributed by atoms with E-state index in [1.165, 1.54) is 6.07 Å². The van der Waals surface area contributed by atoms with Gasteiger partial charge in [0, 0.05) is 5.56 Å². The number of hydrogen-bond donors (Lipinski definition) is 2. The number of ether oxygens (including phenoxy) is 2. The predicted molar refractivity (Wildman–Crippen MR) is 102 cm³/mol. The van der Waals surface area contributed by atoms with Crippen LogP contribution in [0.15, 0.2) is 65.1 Å². The molecule has 0 bridgehead atoms. The monoisotopic (exact) mass is 380 g/mol. The van der Waals surface area contributed by atoms with Crippen LogP contribution >= 0.6 is 0 Å². The molecule has 0 spiro atoms. The van der Waals surface area contributed by atoms with Gasteiger partial charge in [-0.25, -0.2) is 0 Å². The molecule has 0 fully saturated rings. The number of aryl methyl sites for hydroxylation is 1. The Morgan fingerprint density at radius 2 is 1.57 bits per heavy atom. The Labute approximate surface area is 162 Å². The lowest BCUT2D eigenvalue weighted by Gasteiger charge is -2.09. The second kappa shape index (κ2) is 8.77. The van der Waals surface area contributed by atoms with Crippen molar-refractivity contribution in [2.45, 2.75) is 13.5 Å². The Bertz CT molecular complexity index is 980. The van der Waals surface area contributed by atoms with Crippen molar-refractivity contribution in [3.63, 3.8) is 0 Å². The number of para-hydroxylation sites is 2. The van der Waals surface area contributed by atoms with Crippen molar-refractivity contribution < 1.29 is 23.5 Å². The first-order valence-corrected chi connectivity index (χ1v) is 8.59. The average molecular weight is 380 g/mol. The van der Waals surface area contributed by atoms with E-state index in [-0.39, 0.29) is 12.4 Å². The molecule has 2 amide bonds. The Morgan fingerprint density at radius 3 is 2.32 bits per heavy atom. The van der Waals surface area contributed by atoms with Crippen LogP contribution in [0, 0.1) is 6.92 Å². The van der Waals surface area contributed by atoms with Gasteiger partial charge in [0.2, 0.25) is 0 Å². The summed E-state index contributed by atoms with van der Waals surface area (Å²) >= 11 is 0. The first-order valence-electron chi connectivity index (χ1n) is 8.59. The number of nitrogens with one attached hydrogen (secondary N) is 2. The highest BCUT2D eigenvalue weighted by Crippen LogP contribution is 2.26. The normalized spacial score (nSPS) is 10.2. The largest absolute Gasteiger partial charge is 0.493 e. The van der Waals surface area contributed by atoms with Crippen molar-refractivity contribution in [1.82, 2.24) is 10.9 Å². The summed E-state index contributed by atoms with van der Waals surface area (Å²) in [6, 6.07) is 17.5. The summed E-state index contributed by atoms with van der Waals surface area (Å²) in [6.45, 7) is 1.94. The molecule has 2 aromatic carbocycles. The molecule has 1 heterocycles. The van der Waals surface area contributed by atoms with Crippen LogP contribution in [0.25, 0.3) is 0 Å². The Balaban J connectivity index is 1.55. The number of carbonyl (C=O) groups is 2. The maximum Gasteiger partial charge on any atom is 0.305 e. The van der Waals surface area contributed by atoms with Gasteiger partial charge in [-0.05, 0) is 42.8 Å². The summed E-state index contributed by atoms with van der Waals surface area (Å²) < 4.78 is 16.3. The van der Waals surface area contributed by atoms with Crippen LogP contribution < -0.4 is 20.3 Å². The third-order valence-corrected chi connectivity index (χ3v) is 4.00. The Morgan fingerprint density at radius 1 is 0.893 bits per heavy atom. The van der Waals surface area contributed by atoms with Gasteiger partial charge in [-0.2, -0.15) is 0 Å². The number of hydrazine groups is 1. The lowest BCUT2D eigenvalue weighted by molar-refractivity contribution is 0.0828. The Kier molecular flexibility index (Phi) is 5.96. The van der Waals surface area contributed by atoms with E-state index in [9.17, 15) is 9.59 Å². The van der Waals surface area contributed by atoms with E-state index in [0.717, 1.165) is 5.56 Å². The summed E-state index contributed by atoms with van der Waals surface area (Å²) in [6.07, 6.45) is 0. The highest BCUT2D eigenvalue weighted by Gasteiger charge is 2.14. The maximum atomic E-state index is 12.2. The van der Waals surface area contributed by atoms with Gasteiger partial charge in [-0.1, -0.05) is 30.3 Å². The zero-order chi connectivity index (χ0) is 19.9. The minimum absolute atomic E-state index is 0.0590. The number of furan rings is 1. The van der Waals surface area contributed by atoms with E-state index in [2.05, 4.69) is 10.9 Å². The highest BCUT2D eigenvalue weighted by molar-refractivity contribution is 5.98. The maximum absolute atomic E-state index is 12.2. The first-order chi connectivity index (χ1) is 13.6. The molecule has 7 heteroatoms. The number of benzene rings is 2. The molecular weight excluding hydrogens is 360 g/mol.